The Morgan fingerprint density at radius 3 is 0.981 bits per heavy atom. The number of unbranched alkanes of at least 4 members (excludes halogenated alkanes) is 28. The van der Waals surface area contributed by atoms with E-state index in [1.165, 1.54) is 193 Å². The standard InChI is InChI=1S/C26H50O.C22H44N2O/c1-3-5-7-9-10-11-12-13-14-15-16-17-18-19-20-21-23-25-26(27)24-22-8-6-4-2;1-3-5-6-7-8-9-10-11-12-13-14-15-16-17-18-19-21-24-22(25)23-20-4-2/h13-14H,3-12,15-25H2,1-2H3;11-12H,3-10,13-21H2,1-2H3,(H2,23,24,25)/b14-13-;12-11-. The lowest BCUT2D eigenvalue weighted by molar-refractivity contribution is -0.119. The highest BCUT2D eigenvalue weighted by molar-refractivity contribution is 5.78. The molecule has 0 aliphatic carbocycles. The van der Waals surface area contributed by atoms with E-state index in [4.69, 9.17) is 0 Å². The molecule has 0 heterocycles. The van der Waals surface area contributed by atoms with Crippen molar-refractivity contribution in [2.75, 3.05) is 13.1 Å². The highest BCUT2D eigenvalue weighted by Gasteiger charge is 2.02. The predicted octanol–water partition coefficient (Wildman–Crippen LogP) is 16.1. The molecule has 0 bridgehead atoms. The predicted molar refractivity (Wildman–Crippen MR) is 234 cm³/mol. The second-order valence-corrected chi connectivity index (χ2v) is 15.5. The zero-order chi connectivity index (χ0) is 38.3. The number of rotatable bonds is 40. The highest BCUT2D eigenvalue weighted by Crippen LogP contribution is 2.13. The Bertz CT molecular complexity index is 747. The number of hydrogen-bond donors (Lipinski definition) is 2. The van der Waals surface area contributed by atoms with E-state index >= 15 is 0 Å². The Morgan fingerprint density at radius 1 is 0.327 bits per heavy atom. The lowest BCUT2D eigenvalue weighted by Crippen LogP contribution is -2.36. The molecule has 0 unspecified atom stereocenters. The minimum atomic E-state index is -0.0189. The van der Waals surface area contributed by atoms with E-state index in [9.17, 15) is 9.59 Å². The van der Waals surface area contributed by atoms with Gasteiger partial charge in [-0.15, -0.1) is 0 Å². The number of Topliss-reactive ketones (excluding diaryl/α,β-unsaturated/α-hetero) is 1. The smallest absolute Gasteiger partial charge is 0.314 e. The normalized spacial score (nSPS) is 11.3. The van der Waals surface area contributed by atoms with Crippen molar-refractivity contribution >= 4 is 11.8 Å². The molecule has 0 spiro atoms. The molecule has 308 valence electrons. The van der Waals surface area contributed by atoms with Crippen molar-refractivity contribution in [2.24, 2.45) is 0 Å². The molecule has 0 saturated carbocycles. The lowest BCUT2D eigenvalue weighted by atomic mass is 10.0. The summed E-state index contributed by atoms with van der Waals surface area (Å²) in [6.07, 6.45) is 55.6. The summed E-state index contributed by atoms with van der Waals surface area (Å²) in [6, 6.07) is -0.0189. The van der Waals surface area contributed by atoms with Crippen LogP contribution >= 0.6 is 0 Å². The average Bonchev–Trinajstić information content (AvgIpc) is 3.15. The third kappa shape index (κ3) is 50.5. The summed E-state index contributed by atoms with van der Waals surface area (Å²) in [6.45, 7) is 10.4. The Morgan fingerprint density at radius 2 is 0.615 bits per heavy atom. The van der Waals surface area contributed by atoms with Gasteiger partial charge in [-0.1, -0.05) is 193 Å². The molecule has 0 radical (unpaired) electrons. The van der Waals surface area contributed by atoms with Gasteiger partial charge in [-0.05, 0) is 77.0 Å². The molecule has 0 aliphatic rings. The van der Waals surface area contributed by atoms with Gasteiger partial charge in [0.1, 0.15) is 5.78 Å². The van der Waals surface area contributed by atoms with Crippen molar-refractivity contribution in [3.63, 3.8) is 0 Å². The van der Waals surface area contributed by atoms with Crippen LogP contribution in [-0.2, 0) is 4.79 Å². The van der Waals surface area contributed by atoms with Crippen molar-refractivity contribution in [1.82, 2.24) is 10.6 Å². The fourth-order valence-corrected chi connectivity index (χ4v) is 6.50. The van der Waals surface area contributed by atoms with E-state index in [0.717, 1.165) is 51.6 Å². The van der Waals surface area contributed by atoms with Crippen LogP contribution in [0.1, 0.15) is 259 Å². The van der Waals surface area contributed by atoms with Crippen molar-refractivity contribution in [1.29, 1.82) is 0 Å². The SMILES string of the molecule is CCCCCCCC/C=C\CCCCCCCCCC(=O)CCCCCC.CCCCCCCC/C=C\CCCCCCCCNC(=O)NCCC. The molecule has 4 heteroatoms. The van der Waals surface area contributed by atoms with E-state index in [-0.39, 0.29) is 6.03 Å². The fourth-order valence-electron chi connectivity index (χ4n) is 6.50. The maximum absolute atomic E-state index is 11.8. The largest absolute Gasteiger partial charge is 0.338 e. The molecule has 0 saturated heterocycles. The summed E-state index contributed by atoms with van der Waals surface area (Å²) in [5, 5.41) is 5.74. The number of amides is 2. The first-order chi connectivity index (χ1) is 25.6. The number of nitrogens with one attached hydrogen (secondary N) is 2. The summed E-state index contributed by atoms with van der Waals surface area (Å²) in [4.78, 5) is 23.1. The van der Waals surface area contributed by atoms with Gasteiger partial charge < -0.3 is 10.6 Å². The van der Waals surface area contributed by atoms with Crippen molar-refractivity contribution in [3.05, 3.63) is 24.3 Å². The molecule has 2 amide bonds. The first kappa shape index (κ1) is 52.5. The number of allylic oxidation sites excluding steroid dienone is 4. The fraction of sp³-hybridized carbons (Fsp3) is 0.875. The van der Waals surface area contributed by atoms with E-state index in [2.05, 4.69) is 62.6 Å². The van der Waals surface area contributed by atoms with Crippen molar-refractivity contribution in [3.8, 4) is 0 Å². The zero-order valence-corrected chi connectivity index (χ0v) is 36.0. The molecule has 0 aromatic heterocycles. The van der Waals surface area contributed by atoms with Crippen LogP contribution in [0, 0.1) is 0 Å². The summed E-state index contributed by atoms with van der Waals surface area (Å²) in [7, 11) is 0. The summed E-state index contributed by atoms with van der Waals surface area (Å²) >= 11 is 0. The van der Waals surface area contributed by atoms with E-state index in [1.807, 2.05) is 0 Å². The van der Waals surface area contributed by atoms with Crippen LogP contribution in [0.3, 0.4) is 0 Å². The van der Waals surface area contributed by atoms with Gasteiger partial charge in [0.25, 0.3) is 0 Å². The van der Waals surface area contributed by atoms with Gasteiger partial charge >= 0.3 is 6.03 Å². The number of carbonyl (C=O) groups is 2. The van der Waals surface area contributed by atoms with Crippen LogP contribution in [0.2, 0.25) is 0 Å². The molecule has 4 nitrogen and oxygen atoms in total. The maximum atomic E-state index is 11.8. The topological polar surface area (TPSA) is 58.2 Å². The first-order valence-electron chi connectivity index (χ1n) is 23.5. The Hall–Kier alpha value is -1.58. The van der Waals surface area contributed by atoms with Crippen LogP contribution in [-0.4, -0.2) is 24.9 Å². The molecular formula is C48H94N2O2. The number of carbonyl (C=O) groups excluding carboxylic acids is 2. The van der Waals surface area contributed by atoms with E-state index < -0.39 is 0 Å². The molecule has 0 atom stereocenters. The Balaban J connectivity index is 0. The summed E-state index contributed by atoms with van der Waals surface area (Å²) in [5.74, 6) is 0.499. The van der Waals surface area contributed by atoms with Crippen LogP contribution in [0.4, 0.5) is 4.79 Å². The van der Waals surface area contributed by atoms with E-state index in [0.29, 0.717) is 5.78 Å². The molecule has 0 aromatic rings. The molecule has 52 heavy (non-hydrogen) atoms. The van der Waals surface area contributed by atoms with Crippen molar-refractivity contribution < 1.29 is 9.59 Å². The number of hydrogen-bond acceptors (Lipinski definition) is 2. The van der Waals surface area contributed by atoms with Crippen molar-refractivity contribution in [2.45, 2.75) is 259 Å². The second-order valence-electron chi connectivity index (χ2n) is 15.5. The minimum absolute atomic E-state index is 0.0189. The summed E-state index contributed by atoms with van der Waals surface area (Å²) < 4.78 is 0. The number of ketones is 1. The van der Waals surface area contributed by atoms with Crippen LogP contribution < -0.4 is 10.6 Å². The van der Waals surface area contributed by atoms with Gasteiger partial charge in [0.05, 0.1) is 0 Å². The maximum Gasteiger partial charge on any atom is 0.314 e. The molecule has 0 fully saturated rings. The van der Waals surface area contributed by atoms with Gasteiger partial charge in [-0.25, -0.2) is 4.79 Å². The average molecular weight is 731 g/mol. The minimum Gasteiger partial charge on any atom is -0.338 e. The molecule has 0 aliphatic heterocycles. The van der Waals surface area contributed by atoms with Gasteiger partial charge in [0.15, 0.2) is 0 Å². The van der Waals surface area contributed by atoms with Crippen LogP contribution in [0.15, 0.2) is 24.3 Å². The van der Waals surface area contributed by atoms with E-state index in [1.54, 1.807) is 0 Å². The third-order valence-electron chi connectivity index (χ3n) is 10.0. The zero-order valence-electron chi connectivity index (χ0n) is 36.0. The van der Waals surface area contributed by atoms with Crippen LogP contribution in [0.25, 0.3) is 0 Å². The molecule has 0 aromatic carbocycles. The highest BCUT2D eigenvalue weighted by atomic mass is 16.2. The summed E-state index contributed by atoms with van der Waals surface area (Å²) in [5.41, 5.74) is 0. The third-order valence-corrected chi connectivity index (χ3v) is 10.0. The van der Waals surface area contributed by atoms with Gasteiger partial charge in [0.2, 0.25) is 0 Å². The Labute approximate surface area is 327 Å². The van der Waals surface area contributed by atoms with Gasteiger partial charge in [-0.2, -0.15) is 0 Å². The lowest BCUT2D eigenvalue weighted by Gasteiger charge is -2.06. The molecular weight excluding hydrogens is 637 g/mol. The quantitative estimate of drug-likeness (QED) is 0.0487. The molecule has 0 rings (SSSR count). The second kappa shape index (κ2) is 49.4. The Kier molecular flexibility index (Phi) is 49.9. The number of urea groups is 1. The molecule has 2 N–H and O–H groups in total. The first-order valence-corrected chi connectivity index (χ1v) is 23.5. The van der Waals surface area contributed by atoms with Gasteiger partial charge in [0, 0.05) is 25.9 Å². The monoisotopic (exact) mass is 731 g/mol. The van der Waals surface area contributed by atoms with Crippen LogP contribution in [0.5, 0.6) is 0 Å². The van der Waals surface area contributed by atoms with Gasteiger partial charge in [-0.3, -0.25) is 4.79 Å².